The van der Waals surface area contributed by atoms with E-state index in [1.807, 2.05) is 6.07 Å². The molecular weight excluding hydrogens is 386 g/mol. The van der Waals surface area contributed by atoms with Crippen molar-refractivity contribution in [1.82, 2.24) is 0 Å². The lowest BCUT2D eigenvalue weighted by molar-refractivity contribution is -0.384. The van der Waals surface area contributed by atoms with Crippen LogP contribution in [-0.4, -0.2) is 9.85 Å². The van der Waals surface area contributed by atoms with E-state index in [9.17, 15) is 25.5 Å². The molecule has 1 aromatic heterocycles. The normalized spacial score (nSPS) is 11.1. The molecule has 0 bridgehead atoms. The van der Waals surface area contributed by atoms with Crippen molar-refractivity contribution in [2.75, 3.05) is 0 Å². The molecule has 0 aliphatic rings. The average molecular weight is 396 g/mol. The van der Waals surface area contributed by atoms with Gasteiger partial charge in [0.2, 0.25) is 0 Å². The van der Waals surface area contributed by atoms with Crippen molar-refractivity contribution >= 4 is 34.6 Å². The monoisotopic (exact) mass is 395 g/mol. The van der Waals surface area contributed by atoms with Crippen molar-refractivity contribution < 1.29 is 14.3 Å². The Morgan fingerprint density at radius 2 is 1.75 bits per heavy atom. The predicted octanol–water partition coefficient (Wildman–Crippen LogP) is 5.48. The van der Waals surface area contributed by atoms with Crippen LogP contribution in [0.15, 0.2) is 59.0 Å². The summed E-state index contributed by atoms with van der Waals surface area (Å²) >= 11 is 5.82. The number of nitrogens with zero attached hydrogens (tertiary/aromatic N) is 3. The first-order chi connectivity index (χ1) is 13.4. The maximum absolute atomic E-state index is 11.2. The standard InChI is InChI=1S/C19H10ClN3O5/c20-14-3-7-17(18(10-14)23(26)27)19-8-6-16(28-19)9-13(11-21)12-1-4-15(5-2-12)22(24)25/h1-10H/b13-9+. The summed E-state index contributed by atoms with van der Waals surface area (Å²) in [6.07, 6.45) is 1.45. The van der Waals surface area contributed by atoms with Gasteiger partial charge >= 0.3 is 0 Å². The van der Waals surface area contributed by atoms with Crippen molar-refractivity contribution in [3.63, 3.8) is 0 Å². The van der Waals surface area contributed by atoms with Crippen LogP contribution in [0.5, 0.6) is 0 Å². The largest absolute Gasteiger partial charge is 0.456 e. The lowest BCUT2D eigenvalue weighted by Gasteiger charge is -2.01. The van der Waals surface area contributed by atoms with E-state index < -0.39 is 9.85 Å². The van der Waals surface area contributed by atoms with Gasteiger partial charge in [0.1, 0.15) is 11.5 Å². The van der Waals surface area contributed by atoms with E-state index >= 15 is 0 Å². The highest BCUT2D eigenvalue weighted by Gasteiger charge is 2.18. The maximum atomic E-state index is 11.2. The van der Waals surface area contributed by atoms with Crippen molar-refractivity contribution in [3.8, 4) is 17.4 Å². The molecule has 0 radical (unpaired) electrons. The van der Waals surface area contributed by atoms with Gasteiger partial charge in [-0.05, 0) is 48.0 Å². The van der Waals surface area contributed by atoms with Gasteiger partial charge in [0.15, 0.2) is 0 Å². The Kier molecular flexibility index (Phi) is 5.20. The predicted molar refractivity (Wildman–Crippen MR) is 102 cm³/mol. The molecule has 3 aromatic rings. The summed E-state index contributed by atoms with van der Waals surface area (Å²) in [5, 5.41) is 31.6. The van der Waals surface area contributed by atoms with E-state index in [4.69, 9.17) is 16.0 Å². The number of halogens is 1. The highest BCUT2D eigenvalue weighted by atomic mass is 35.5. The third-order valence-electron chi connectivity index (χ3n) is 3.84. The molecule has 8 nitrogen and oxygen atoms in total. The summed E-state index contributed by atoms with van der Waals surface area (Å²) in [5.74, 6) is 0.546. The fraction of sp³-hybridized carbons (Fsp3) is 0. The topological polar surface area (TPSA) is 123 Å². The number of hydrogen-bond acceptors (Lipinski definition) is 6. The van der Waals surface area contributed by atoms with E-state index in [-0.39, 0.29) is 33.3 Å². The molecule has 0 aliphatic heterocycles. The summed E-state index contributed by atoms with van der Waals surface area (Å²) in [4.78, 5) is 20.9. The molecule has 2 aromatic carbocycles. The van der Waals surface area contributed by atoms with E-state index in [0.29, 0.717) is 11.3 Å². The molecule has 0 spiro atoms. The first-order valence-electron chi connectivity index (χ1n) is 7.80. The number of benzene rings is 2. The summed E-state index contributed by atoms with van der Waals surface area (Å²) in [5.41, 5.74) is 0.664. The third-order valence-corrected chi connectivity index (χ3v) is 4.08. The Hall–Kier alpha value is -3.96. The Labute approximate surface area is 163 Å². The summed E-state index contributed by atoms with van der Waals surface area (Å²) < 4.78 is 5.63. The fourth-order valence-electron chi connectivity index (χ4n) is 2.52. The van der Waals surface area contributed by atoms with Crippen LogP contribution in [0.2, 0.25) is 5.02 Å². The van der Waals surface area contributed by atoms with Gasteiger partial charge in [-0.1, -0.05) is 11.6 Å². The average Bonchev–Trinajstić information content (AvgIpc) is 3.14. The highest BCUT2D eigenvalue weighted by Crippen LogP contribution is 2.34. The first-order valence-corrected chi connectivity index (χ1v) is 8.17. The van der Waals surface area contributed by atoms with Gasteiger partial charge in [-0.15, -0.1) is 0 Å². The van der Waals surface area contributed by atoms with Crippen molar-refractivity contribution in [3.05, 3.63) is 91.2 Å². The van der Waals surface area contributed by atoms with E-state index in [0.717, 1.165) is 0 Å². The molecule has 0 saturated carbocycles. The zero-order chi connectivity index (χ0) is 20.3. The van der Waals surface area contributed by atoms with Crippen LogP contribution in [0.1, 0.15) is 11.3 Å². The number of hydrogen-bond donors (Lipinski definition) is 0. The van der Waals surface area contributed by atoms with E-state index in [1.54, 1.807) is 12.1 Å². The number of rotatable bonds is 5. The SMILES string of the molecule is N#C/C(=C\c1ccc(-c2ccc(Cl)cc2[N+](=O)[O-])o1)c1ccc([N+](=O)[O-])cc1. The van der Waals surface area contributed by atoms with Gasteiger partial charge in [0.05, 0.1) is 27.1 Å². The first kappa shape index (κ1) is 18.8. The van der Waals surface area contributed by atoms with Crippen LogP contribution in [0, 0.1) is 31.6 Å². The quantitative estimate of drug-likeness (QED) is 0.320. The number of allylic oxidation sites excluding steroid dienone is 1. The van der Waals surface area contributed by atoms with Gasteiger partial charge < -0.3 is 4.42 Å². The second kappa shape index (κ2) is 7.73. The molecule has 0 aliphatic carbocycles. The van der Waals surface area contributed by atoms with E-state index in [2.05, 4.69) is 0 Å². The van der Waals surface area contributed by atoms with Gasteiger partial charge in [-0.2, -0.15) is 5.26 Å². The molecule has 9 heteroatoms. The van der Waals surface area contributed by atoms with E-state index in [1.165, 1.54) is 48.5 Å². The minimum atomic E-state index is -0.559. The molecule has 0 N–H and O–H groups in total. The molecule has 0 amide bonds. The maximum Gasteiger partial charge on any atom is 0.281 e. The van der Waals surface area contributed by atoms with Gasteiger partial charge in [0.25, 0.3) is 11.4 Å². The second-order valence-electron chi connectivity index (χ2n) is 5.59. The molecule has 28 heavy (non-hydrogen) atoms. The van der Waals surface area contributed by atoms with Gasteiger partial charge in [0, 0.05) is 23.2 Å². The Morgan fingerprint density at radius 3 is 2.36 bits per heavy atom. The summed E-state index contributed by atoms with van der Waals surface area (Å²) in [7, 11) is 0. The Balaban J connectivity index is 1.96. The van der Waals surface area contributed by atoms with Crippen LogP contribution in [-0.2, 0) is 0 Å². The summed E-state index contributed by atoms with van der Waals surface area (Å²) in [6, 6.07) is 14.9. The van der Waals surface area contributed by atoms with Crippen LogP contribution in [0.3, 0.4) is 0 Å². The van der Waals surface area contributed by atoms with Crippen molar-refractivity contribution in [2.24, 2.45) is 0 Å². The third kappa shape index (κ3) is 3.90. The molecule has 138 valence electrons. The van der Waals surface area contributed by atoms with Crippen LogP contribution < -0.4 is 0 Å². The van der Waals surface area contributed by atoms with Crippen LogP contribution in [0.25, 0.3) is 23.0 Å². The number of nitro benzene ring substituents is 2. The molecule has 0 unspecified atom stereocenters. The Morgan fingerprint density at radius 1 is 1.04 bits per heavy atom. The Bertz CT molecular complexity index is 1140. The van der Waals surface area contributed by atoms with Crippen molar-refractivity contribution in [1.29, 1.82) is 5.26 Å². The molecule has 3 rings (SSSR count). The number of furan rings is 1. The van der Waals surface area contributed by atoms with Crippen LogP contribution in [0.4, 0.5) is 11.4 Å². The lowest BCUT2D eigenvalue weighted by atomic mass is 10.1. The molecule has 0 saturated heterocycles. The minimum Gasteiger partial charge on any atom is -0.456 e. The fourth-order valence-corrected chi connectivity index (χ4v) is 2.69. The number of nitro groups is 2. The molecule has 0 atom stereocenters. The molecular formula is C19H10ClN3O5. The van der Waals surface area contributed by atoms with Gasteiger partial charge in [-0.25, -0.2) is 0 Å². The number of non-ortho nitro benzene ring substituents is 1. The number of nitriles is 1. The molecule has 0 fully saturated rings. The second-order valence-corrected chi connectivity index (χ2v) is 6.03. The van der Waals surface area contributed by atoms with Crippen molar-refractivity contribution in [2.45, 2.75) is 0 Å². The minimum absolute atomic E-state index is 0.0867. The van der Waals surface area contributed by atoms with Crippen LogP contribution >= 0.6 is 11.6 Å². The molecule has 1 heterocycles. The van der Waals surface area contributed by atoms with Gasteiger partial charge in [-0.3, -0.25) is 20.2 Å². The summed E-state index contributed by atoms with van der Waals surface area (Å²) in [6.45, 7) is 0. The smallest absolute Gasteiger partial charge is 0.281 e. The highest BCUT2D eigenvalue weighted by molar-refractivity contribution is 6.30. The lowest BCUT2D eigenvalue weighted by Crippen LogP contribution is -1.91. The zero-order valence-electron chi connectivity index (χ0n) is 14.0. The zero-order valence-corrected chi connectivity index (χ0v) is 14.8.